The maximum Gasteiger partial charge on any atom is 0.258 e. The van der Waals surface area contributed by atoms with Crippen molar-refractivity contribution in [3.63, 3.8) is 0 Å². The van der Waals surface area contributed by atoms with Gasteiger partial charge in [0.2, 0.25) is 11.9 Å². The van der Waals surface area contributed by atoms with Crippen molar-refractivity contribution in [2.75, 3.05) is 16.0 Å². The third-order valence-electron chi connectivity index (χ3n) is 3.75. The molecule has 3 rings (SSSR count). The van der Waals surface area contributed by atoms with Gasteiger partial charge >= 0.3 is 0 Å². The van der Waals surface area contributed by atoms with Crippen LogP contribution in [0.4, 0.5) is 17.3 Å². The van der Waals surface area contributed by atoms with Crippen molar-refractivity contribution in [3.8, 4) is 0 Å². The quantitative estimate of drug-likeness (QED) is 0.587. The fraction of sp³-hybridized carbons (Fsp3) is 0.100. The third kappa shape index (κ3) is 5.28. The molecule has 8 heteroatoms. The summed E-state index contributed by atoms with van der Waals surface area (Å²) >= 11 is 6.12. The molecule has 28 heavy (non-hydrogen) atoms. The van der Waals surface area contributed by atoms with Gasteiger partial charge in [-0.25, -0.2) is 9.97 Å². The van der Waals surface area contributed by atoms with Crippen molar-refractivity contribution in [3.05, 3.63) is 77.1 Å². The highest BCUT2D eigenvalue weighted by Crippen LogP contribution is 2.17. The van der Waals surface area contributed by atoms with E-state index in [9.17, 15) is 9.59 Å². The SMILES string of the molecule is CC(=O)Nc1cccc(NC(=O)c2cnc(NCc3ccccc3Cl)nc2)c1. The van der Waals surface area contributed by atoms with Gasteiger partial charge in [-0.15, -0.1) is 0 Å². The highest BCUT2D eigenvalue weighted by Gasteiger charge is 2.09. The van der Waals surface area contributed by atoms with Gasteiger partial charge in [0.05, 0.1) is 5.56 Å². The summed E-state index contributed by atoms with van der Waals surface area (Å²) in [6.07, 6.45) is 2.88. The predicted octanol–water partition coefficient (Wildman–Crippen LogP) is 3.95. The average Bonchev–Trinajstić information content (AvgIpc) is 2.67. The number of hydrogen-bond acceptors (Lipinski definition) is 5. The average molecular weight is 396 g/mol. The lowest BCUT2D eigenvalue weighted by Crippen LogP contribution is -2.14. The van der Waals surface area contributed by atoms with E-state index in [0.717, 1.165) is 5.56 Å². The number of nitrogens with zero attached hydrogens (tertiary/aromatic N) is 2. The molecular weight excluding hydrogens is 378 g/mol. The minimum atomic E-state index is -0.349. The molecular formula is C20H18ClN5O2. The number of carbonyl (C=O) groups is 2. The fourth-order valence-electron chi connectivity index (χ4n) is 2.43. The molecule has 0 atom stereocenters. The van der Waals surface area contributed by atoms with Gasteiger partial charge in [-0.2, -0.15) is 0 Å². The van der Waals surface area contributed by atoms with Gasteiger partial charge in [0.1, 0.15) is 0 Å². The Bertz CT molecular complexity index is 992. The van der Waals surface area contributed by atoms with E-state index in [4.69, 9.17) is 11.6 Å². The van der Waals surface area contributed by atoms with Crippen LogP contribution in [0.25, 0.3) is 0 Å². The molecule has 2 aromatic carbocycles. The van der Waals surface area contributed by atoms with Gasteiger partial charge in [0.15, 0.2) is 0 Å². The summed E-state index contributed by atoms with van der Waals surface area (Å²) in [5.74, 6) is -0.140. The summed E-state index contributed by atoms with van der Waals surface area (Å²) in [5.41, 5.74) is 2.39. The second kappa shape index (κ2) is 8.96. The lowest BCUT2D eigenvalue weighted by Gasteiger charge is -2.09. The van der Waals surface area contributed by atoms with Gasteiger partial charge in [-0.1, -0.05) is 35.9 Å². The van der Waals surface area contributed by atoms with Crippen LogP contribution in [-0.2, 0) is 11.3 Å². The molecule has 0 radical (unpaired) electrons. The maximum atomic E-state index is 12.4. The first-order chi connectivity index (χ1) is 13.5. The first kappa shape index (κ1) is 19.3. The van der Waals surface area contributed by atoms with Crippen LogP contribution in [0.15, 0.2) is 60.9 Å². The number of hydrogen-bond donors (Lipinski definition) is 3. The molecule has 0 aliphatic heterocycles. The number of rotatable bonds is 6. The van der Waals surface area contributed by atoms with Crippen LogP contribution < -0.4 is 16.0 Å². The Balaban J connectivity index is 1.61. The topological polar surface area (TPSA) is 96.0 Å². The van der Waals surface area contributed by atoms with Crippen molar-refractivity contribution >= 4 is 40.7 Å². The molecule has 0 unspecified atom stereocenters. The van der Waals surface area contributed by atoms with E-state index < -0.39 is 0 Å². The van der Waals surface area contributed by atoms with E-state index in [2.05, 4.69) is 25.9 Å². The number of benzene rings is 2. The zero-order valence-corrected chi connectivity index (χ0v) is 15.8. The molecule has 0 bridgehead atoms. The van der Waals surface area contributed by atoms with Crippen molar-refractivity contribution in [2.24, 2.45) is 0 Å². The van der Waals surface area contributed by atoms with Crippen molar-refractivity contribution in [1.29, 1.82) is 0 Å². The highest BCUT2D eigenvalue weighted by atomic mass is 35.5. The van der Waals surface area contributed by atoms with E-state index in [1.54, 1.807) is 24.3 Å². The largest absolute Gasteiger partial charge is 0.350 e. The zero-order chi connectivity index (χ0) is 19.9. The smallest absolute Gasteiger partial charge is 0.258 e. The van der Waals surface area contributed by atoms with E-state index >= 15 is 0 Å². The summed E-state index contributed by atoms with van der Waals surface area (Å²) in [6, 6.07) is 14.3. The van der Waals surface area contributed by atoms with Crippen molar-refractivity contribution in [2.45, 2.75) is 13.5 Å². The van der Waals surface area contributed by atoms with Crippen LogP contribution in [0, 0.1) is 0 Å². The Kier molecular flexibility index (Phi) is 6.18. The Morgan fingerprint density at radius 3 is 2.32 bits per heavy atom. The number of amides is 2. The Hall–Kier alpha value is -3.45. The molecule has 2 amide bonds. The van der Waals surface area contributed by atoms with Gasteiger partial charge in [-0.3, -0.25) is 9.59 Å². The van der Waals surface area contributed by atoms with E-state index in [0.29, 0.717) is 34.5 Å². The molecule has 0 fully saturated rings. The summed E-state index contributed by atoms with van der Waals surface area (Å²) in [5, 5.41) is 9.14. The fourth-order valence-corrected chi connectivity index (χ4v) is 2.64. The molecule has 0 spiro atoms. The Morgan fingerprint density at radius 2 is 1.64 bits per heavy atom. The standard InChI is InChI=1S/C20H18ClN5O2/c1-13(27)25-16-6-4-7-17(9-16)26-19(28)15-11-23-20(24-12-15)22-10-14-5-2-3-8-18(14)21/h2-9,11-12H,10H2,1H3,(H,25,27)(H,26,28)(H,22,23,24). The first-order valence-corrected chi connectivity index (χ1v) is 8.87. The number of carbonyl (C=O) groups excluding carboxylic acids is 2. The van der Waals surface area contributed by atoms with Crippen LogP contribution in [0.2, 0.25) is 5.02 Å². The summed E-state index contributed by atoms with van der Waals surface area (Å²) in [6.45, 7) is 1.89. The Morgan fingerprint density at radius 1 is 0.964 bits per heavy atom. The minimum absolute atomic E-state index is 0.184. The number of halogens is 1. The van der Waals surface area contributed by atoms with Crippen LogP contribution in [0.1, 0.15) is 22.8 Å². The minimum Gasteiger partial charge on any atom is -0.350 e. The van der Waals surface area contributed by atoms with Gasteiger partial charge in [-0.05, 0) is 29.8 Å². The van der Waals surface area contributed by atoms with Crippen molar-refractivity contribution < 1.29 is 9.59 Å². The predicted molar refractivity (Wildman–Crippen MR) is 110 cm³/mol. The molecule has 0 saturated carbocycles. The highest BCUT2D eigenvalue weighted by molar-refractivity contribution is 6.31. The van der Waals surface area contributed by atoms with Crippen LogP contribution >= 0.6 is 11.6 Å². The van der Waals surface area contributed by atoms with Crippen LogP contribution in [-0.4, -0.2) is 21.8 Å². The molecule has 142 valence electrons. The van der Waals surface area contributed by atoms with E-state index in [-0.39, 0.29) is 11.8 Å². The van der Waals surface area contributed by atoms with E-state index in [1.165, 1.54) is 19.3 Å². The summed E-state index contributed by atoms with van der Waals surface area (Å²) < 4.78 is 0. The summed E-state index contributed by atoms with van der Waals surface area (Å²) in [7, 11) is 0. The monoisotopic (exact) mass is 395 g/mol. The lowest BCUT2D eigenvalue weighted by molar-refractivity contribution is -0.114. The normalized spacial score (nSPS) is 10.2. The molecule has 0 aliphatic rings. The van der Waals surface area contributed by atoms with Crippen LogP contribution in [0.3, 0.4) is 0 Å². The second-order valence-corrected chi connectivity index (χ2v) is 6.36. The third-order valence-corrected chi connectivity index (χ3v) is 4.12. The lowest BCUT2D eigenvalue weighted by atomic mass is 10.2. The molecule has 3 N–H and O–H groups in total. The van der Waals surface area contributed by atoms with Gasteiger partial charge < -0.3 is 16.0 Å². The van der Waals surface area contributed by atoms with Crippen molar-refractivity contribution in [1.82, 2.24) is 9.97 Å². The molecule has 3 aromatic rings. The van der Waals surface area contributed by atoms with Gasteiger partial charge in [0.25, 0.3) is 5.91 Å². The number of anilines is 3. The molecule has 1 heterocycles. The first-order valence-electron chi connectivity index (χ1n) is 8.49. The molecule has 0 saturated heterocycles. The molecule has 0 aliphatic carbocycles. The Labute approximate surface area is 167 Å². The van der Waals surface area contributed by atoms with E-state index in [1.807, 2.05) is 24.3 Å². The number of aromatic nitrogens is 2. The summed E-state index contributed by atoms with van der Waals surface area (Å²) in [4.78, 5) is 31.8. The second-order valence-electron chi connectivity index (χ2n) is 5.96. The van der Waals surface area contributed by atoms with Crippen LogP contribution in [0.5, 0.6) is 0 Å². The zero-order valence-electron chi connectivity index (χ0n) is 15.1. The van der Waals surface area contributed by atoms with Gasteiger partial charge in [0, 0.05) is 42.3 Å². The maximum absolute atomic E-state index is 12.4. The molecule has 7 nitrogen and oxygen atoms in total. The molecule has 1 aromatic heterocycles. The number of nitrogens with one attached hydrogen (secondary N) is 3.